The van der Waals surface area contributed by atoms with Crippen LogP contribution in [0.2, 0.25) is 0 Å². The Morgan fingerprint density at radius 1 is 1.00 bits per heavy atom. The molecule has 21 heavy (non-hydrogen) atoms. The van der Waals surface area contributed by atoms with Gasteiger partial charge in [0.2, 0.25) is 0 Å². The van der Waals surface area contributed by atoms with E-state index in [1.165, 1.54) is 0 Å². The zero-order valence-corrected chi connectivity index (χ0v) is 10.9. The minimum Gasteiger partial charge on any atom is -0.459 e. The van der Waals surface area contributed by atoms with Crippen LogP contribution in [0.5, 0.6) is 0 Å². The van der Waals surface area contributed by atoms with E-state index >= 15 is 0 Å². The first kappa shape index (κ1) is 13.7. The molecular formula is C16H12F3NO. The van der Waals surface area contributed by atoms with Gasteiger partial charge in [-0.2, -0.15) is 13.2 Å². The number of nitrogens with two attached hydrogens (primary N) is 1. The van der Waals surface area contributed by atoms with Crippen molar-refractivity contribution in [3.63, 3.8) is 0 Å². The van der Waals surface area contributed by atoms with Crippen molar-refractivity contribution in [1.82, 2.24) is 0 Å². The van der Waals surface area contributed by atoms with Crippen molar-refractivity contribution >= 4 is 11.0 Å². The number of halogens is 3. The average molecular weight is 291 g/mol. The van der Waals surface area contributed by atoms with Gasteiger partial charge >= 0.3 is 6.18 Å². The van der Waals surface area contributed by atoms with Crippen LogP contribution in [0.1, 0.15) is 11.3 Å². The summed E-state index contributed by atoms with van der Waals surface area (Å²) >= 11 is 0. The molecule has 0 spiro atoms. The van der Waals surface area contributed by atoms with E-state index < -0.39 is 11.7 Å². The molecule has 5 heteroatoms. The molecule has 1 aromatic heterocycles. The fraction of sp³-hybridized carbons (Fsp3) is 0.125. The predicted octanol–water partition coefficient (Wildman–Crippen LogP) is 4.58. The molecule has 0 atom stereocenters. The highest BCUT2D eigenvalue weighted by Crippen LogP contribution is 2.38. The number of rotatable bonds is 2. The molecule has 0 saturated carbocycles. The zero-order chi connectivity index (χ0) is 15.0. The Bertz CT molecular complexity index is 775. The Hall–Kier alpha value is -2.27. The van der Waals surface area contributed by atoms with Gasteiger partial charge in [0.25, 0.3) is 0 Å². The number of benzene rings is 2. The van der Waals surface area contributed by atoms with E-state index in [1.54, 1.807) is 30.3 Å². The van der Waals surface area contributed by atoms with E-state index in [1.807, 2.05) is 6.07 Å². The molecule has 108 valence electrons. The summed E-state index contributed by atoms with van der Waals surface area (Å²) in [5, 5.41) is 0.407. The Balaban J connectivity index is 2.32. The first-order valence-electron chi connectivity index (χ1n) is 6.38. The second-order valence-corrected chi connectivity index (χ2v) is 4.72. The van der Waals surface area contributed by atoms with Crippen LogP contribution in [-0.4, -0.2) is 0 Å². The molecule has 0 aliphatic rings. The van der Waals surface area contributed by atoms with Gasteiger partial charge in [-0.25, -0.2) is 0 Å². The molecule has 0 aliphatic heterocycles. The first-order chi connectivity index (χ1) is 9.99. The summed E-state index contributed by atoms with van der Waals surface area (Å²) < 4.78 is 44.7. The molecule has 2 N–H and O–H groups in total. The molecule has 3 aromatic rings. The second-order valence-electron chi connectivity index (χ2n) is 4.72. The van der Waals surface area contributed by atoms with Gasteiger partial charge in [-0.1, -0.05) is 30.3 Å². The van der Waals surface area contributed by atoms with E-state index in [9.17, 15) is 13.2 Å². The largest absolute Gasteiger partial charge is 0.459 e. The van der Waals surface area contributed by atoms with Crippen LogP contribution >= 0.6 is 0 Å². The predicted molar refractivity (Wildman–Crippen MR) is 74.5 cm³/mol. The SMILES string of the molecule is NCc1cc2cc(C(F)(F)F)cc(-c3ccccc3)c2o1. The average Bonchev–Trinajstić information content (AvgIpc) is 2.89. The monoisotopic (exact) mass is 291 g/mol. The highest BCUT2D eigenvalue weighted by molar-refractivity contribution is 5.93. The van der Waals surface area contributed by atoms with Crippen LogP contribution in [0.4, 0.5) is 13.2 Å². The molecule has 0 saturated heterocycles. The molecule has 0 bridgehead atoms. The third kappa shape index (κ3) is 2.52. The molecule has 0 aliphatic carbocycles. The second kappa shape index (κ2) is 4.93. The van der Waals surface area contributed by atoms with Gasteiger partial charge in [-0.3, -0.25) is 0 Å². The van der Waals surface area contributed by atoms with Crippen molar-refractivity contribution in [1.29, 1.82) is 0 Å². The molecule has 0 fully saturated rings. The summed E-state index contributed by atoms with van der Waals surface area (Å²) in [4.78, 5) is 0. The molecule has 0 amide bonds. The van der Waals surface area contributed by atoms with Gasteiger partial charge in [0.05, 0.1) is 12.1 Å². The number of hydrogen-bond acceptors (Lipinski definition) is 2. The summed E-state index contributed by atoms with van der Waals surface area (Å²) in [6, 6.07) is 12.6. The summed E-state index contributed by atoms with van der Waals surface area (Å²) in [5.74, 6) is 0.460. The van der Waals surface area contributed by atoms with Gasteiger partial charge in [-0.15, -0.1) is 0 Å². The number of fused-ring (bicyclic) bond motifs is 1. The molecule has 3 rings (SSSR count). The quantitative estimate of drug-likeness (QED) is 0.750. The fourth-order valence-electron chi connectivity index (χ4n) is 2.30. The van der Waals surface area contributed by atoms with Gasteiger partial charge in [-0.05, 0) is 23.8 Å². The van der Waals surface area contributed by atoms with Crippen LogP contribution < -0.4 is 5.73 Å². The number of furan rings is 1. The van der Waals surface area contributed by atoms with Crippen molar-refractivity contribution in [2.24, 2.45) is 5.73 Å². The maximum Gasteiger partial charge on any atom is 0.416 e. The standard InChI is InChI=1S/C16H12F3NO/c17-16(18,19)12-6-11-7-13(9-20)21-15(11)14(8-12)10-4-2-1-3-5-10/h1-8H,9,20H2. The van der Waals surface area contributed by atoms with E-state index in [0.29, 0.717) is 27.9 Å². The van der Waals surface area contributed by atoms with E-state index in [2.05, 4.69) is 0 Å². The van der Waals surface area contributed by atoms with Crippen LogP contribution in [0.25, 0.3) is 22.1 Å². The topological polar surface area (TPSA) is 39.2 Å². The van der Waals surface area contributed by atoms with Crippen LogP contribution in [0.3, 0.4) is 0 Å². The minimum absolute atomic E-state index is 0.143. The minimum atomic E-state index is -4.40. The lowest BCUT2D eigenvalue weighted by atomic mass is 10.00. The molecule has 2 aromatic carbocycles. The van der Waals surface area contributed by atoms with Crippen LogP contribution in [0, 0.1) is 0 Å². The third-order valence-corrected chi connectivity index (χ3v) is 3.28. The molecule has 1 heterocycles. The maximum absolute atomic E-state index is 13.0. The zero-order valence-electron chi connectivity index (χ0n) is 10.9. The third-order valence-electron chi connectivity index (χ3n) is 3.28. The van der Waals surface area contributed by atoms with Crippen LogP contribution in [0.15, 0.2) is 52.9 Å². The van der Waals surface area contributed by atoms with E-state index in [4.69, 9.17) is 10.2 Å². The Morgan fingerprint density at radius 2 is 1.71 bits per heavy atom. The molecule has 0 radical (unpaired) electrons. The molecule has 2 nitrogen and oxygen atoms in total. The van der Waals surface area contributed by atoms with Crippen molar-refractivity contribution in [2.75, 3.05) is 0 Å². The Morgan fingerprint density at radius 3 is 2.33 bits per heavy atom. The summed E-state index contributed by atoms with van der Waals surface area (Å²) in [7, 11) is 0. The lowest BCUT2D eigenvalue weighted by Gasteiger charge is -2.10. The normalized spacial score (nSPS) is 12.0. The number of alkyl halides is 3. The van der Waals surface area contributed by atoms with Gasteiger partial charge in [0.1, 0.15) is 11.3 Å². The maximum atomic E-state index is 13.0. The van der Waals surface area contributed by atoms with Crippen molar-refractivity contribution in [2.45, 2.75) is 12.7 Å². The lowest BCUT2D eigenvalue weighted by Crippen LogP contribution is -2.04. The fourth-order valence-corrected chi connectivity index (χ4v) is 2.30. The van der Waals surface area contributed by atoms with Gasteiger partial charge in [0.15, 0.2) is 0 Å². The summed E-state index contributed by atoms with van der Waals surface area (Å²) in [6.07, 6.45) is -4.40. The van der Waals surface area contributed by atoms with Crippen molar-refractivity contribution in [3.8, 4) is 11.1 Å². The lowest BCUT2D eigenvalue weighted by molar-refractivity contribution is -0.137. The van der Waals surface area contributed by atoms with Crippen LogP contribution in [-0.2, 0) is 12.7 Å². The summed E-state index contributed by atoms with van der Waals surface area (Å²) in [6.45, 7) is 0.143. The van der Waals surface area contributed by atoms with Crippen molar-refractivity contribution in [3.05, 3.63) is 59.9 Å². The molecular weight excluding hydrogens is 279 g/mol. The van der Waals surface area contributed by atoms with E-state index in [0.717, 1.165) is 12.1 Å². The smallest absolute Gasteiger partial charge is 0.416 e. The highest BCUT2D eigenvalue weighted by atomic mass is 19.4. The van der Waals surface area contributed by atoms with Gasteiger partial charge in [0, 0.05) is 10.9 Å². The van der Waals surface area contributed by atoms with Crippen molar-refractivity contribution < 1.29 is 17.6 Å². The first-order valence-corrected chi connectivity index (χ1v) is 6.38. The Labute approximate surface area is 119 Å². The molecule has 0 unspecified atom stereocenters. The van der Waals surface area contributed by atoms with E-state index in [-0.39, 0.29) is 6.54 Å². The Kier molecular flexibility index (Phi) is 3.22. The number of hydrogen-bond donors (Lipinski definition) is 1. The highest BCUT2D eigenvalue weighted by Gasteiger charge is 2.32. The summed E-state index contributed by atoms with van der Waals surface area (Å²) in [5.41, 5.74) is 6.33. The van der Waals surface area contributed by atoms with Gasteiger partial charge < -0.3 is 10.2 Å².